The molecule has 0 aromatic heterocycles. The van der Waals surface area contributed by atoms with Crippen LogP contribution in [0.4, 0.5) is 0 Å². The van der Waals surface area contributed by atoms with Crippen molar-refractivity contribution in [2.24, 2.45) is 0 Å². The van der Waals surface area contributed by atoms with Gasteiger partial charge >= 0.3 is 5.97 Å². The SMILES string of the molecule is CCNC(Cc1cc(C)c(Oc2cc(C)cc(I)c2)c(I)c1)C(=O)O. The zero-order valence-electron chi connectivity index (χ0n) is 14.4. The number of ether oxygens (including phenoxy) is 1. The fourth-order valence-corrected chi connectivity index (χ4v) is 4.39. The van der Waals surface area contributed by atoms with E-state index in [1.165, 1.54) is 0 Å². The average molecular weight is 565 g/mol. The van der Waals surface area contributed by atoms with Gasteiger partial charge in [-0.25, -0.2) is 0 Å². The van der Waals surface area contributed by atoms with Gasteiger partial charge in [-0.3, -0.25) is 4.79 Å². The van der Waals surface area contributed by atoms with Crippen molar-refractivity contribution < 1.29 is 14.6 Å². The molecule has 0 radical (unpaired) electrons. The topological polar surface area (TPSA) is 58.6 Å². The lowest BCUT2D eigenvalue weighted by Gasteiger charge is -2.16. The number of benzene rings is 2. The van der Waals surface area contributed by atoms with Gasteiger partial charge in [-0.1, -0.05) is 13.0 Å². The number of likely N-dealkylation sites (N-methyl/N-ethyl adjacent to an activating group) is 1. The summed E-state index contributed by atoms with van der Waals surface area (Å²) in [6.45, 7) is 6.57. The van der Waals surface area contributed by atoms with Crippen LogP contribution in [-0.4, -0.2) is 23.7 Å². The molecule has 4 nitrogen and oxygen atoms in total. The minimum Gasteiger partial charge on any atom is -0.480 e. The van der Waals surface area contributed by atoms with Crippen molar-refractivity contribution in [3.05, 3.63) is 54.2 Å². The maximum absolute atomic E-state index is 11.3. The van der Waals surface area contributed by atoms with Crippen molar-refractivity contribution >= 4 is 51.2 Å². The van der Waals surface area contributed by atoms with E-state index in [9.17, 15) is 9.90 Å². The van der Waals surface area contributed by atoms with E-state index in [-0.39, 0.29) is 0 Å². The van der Waals surface area contributed by atoms with Gasteiger partial charge in [0.2, 0.25) is 0 Å². The van der Waals surface area contributed by atoms with Crippen LogP contribution in [-0.2, 0) is 11.2 Å². The second kappa shape index (κ2) is 9.18. The molecule has 1 unspecified atom stereocenters. The molecule has 0 heterocycles. The number of rotatable bonds is 7. The summed E-state index contributed by atoms with van der Waals surface area (Å²) < 4.78 is 8.22. The van der Waals surface area contributed by atoms with Crippen LogP contribution in [0.2, 0.25) is 0 Å². The highest BCUT2D eigenvalue weighted by atomic mass is 127. The van der Waals surface area contributed by atoms with E-state index in [4.69, 9.17) is 4.74 Å². The van der Waals surface area contributed by atoms with Gasteiger partial charge in [-0.05, 0) is 113 Å². The number of carboxylic acid groups (broad SMARTS) is 1. The Morgan fingerprint density at radius 3 is 2.48 bits per heavy atom. The molecule has 6 heteroatoms. The van der Waals surface area contributed by atoms with Crippen LogP contribution in [0.1, 0.15) is 23.6 Å². The molecule has 2 aromatic carbocycles. The Labute approximate surface area is 175 Å². The highest BCUT2D eigenvalue weighted by molar-refractivity contribution is 14.1. The number of aliphatic carboxylic acids is 1. The summed E-state index contributed by atoms with van der Waals surface area (Å²) >= 11 is 4.53. The molecule has 0 aliphatic carbocycles. The zero-order chi connectivity index (χ0) is 18.6. The molecule has 0 fully saturated rings. The smallest absolute Gasteiger partial charge is 0.321 e. The quantitative estimate of drug-likeness (QED) is 0.469. The Kier molecular flexibility index (Phi) is 7.51. The predicted molar refractivity (Wildman–Crippen MR) is 117 cm³/mol. The summed E-state index contributed by atoms with van der Waals surface area (Å²) in [6.07, 6.45) is 0.447. The molecule has 0 aliphatic heterocycles. The van der Waals surface area contributed by atoms with Crippen LogP contribution in [0.5, 0.6) is 11.5 Å². The van der Waals surface area contributed by atoms with Crippen molar-refractivity contribution in [2.45, 2.75) is 33.2 Å². The standard InChI is InChI=1S/C19H21I2NO3/c1-4-22-17(19(23)24)9-13-7-12(3)18(16(21)8-13)25-15-6-11(2)5-14(20)10-15/h5-8,10,17,22H,4,9H2,1-3H3,(H,23,24). The number of hydrogen-bond acceptors (Lipinski definition) is 3. The van der Waals surface area contributed by atoms with Crippen LogP contribution < -0.4 is 10.1 Å². The molecule has 2 N–H and O–H groups in total. The number of halogens is 2. The lowest BCUT2D eigenvalue weighted by molar-refractivity contribution is -0.139. The van der Waals surface area contributed by atoms with Crippen LogP contribution in [0.15, 0.2) is 30.3 Å². The predicted octanol–water partition coefficient (Wildman–Crippen LogP) is 4.91. The summed E-state index contributed by atoms with van der Waals surface area (Å²) in [5.41, 5.74) is 3.14. The van der Waals surface area contributed by atoms with E-state index in [0.717, 1.165) is 35.3 Å². The average Bonchev–Trinajstić information content (AvgIpc) is 2.49. The molecule has 0 amide bonds. The molecule has 134 valence electrons. The highest BCUT2D eigenvalue weighted by Crippen LogP contribution is 2.32. The van der Waals surface area contributed by atoms with Crippen molar-refractivity contribution in [2.75, 3.05) is 6.54 Å². The molecule has 0 saturated heterocycles. The van der Waals surface area contributed by atoms with Gasteiger partial charge in [0.15, 0.2) is 0 Å². The van der Waals surface area contributed by atoms with E-state index in [1.54, 1.807) is 0 Å². The van der Waals surface area contributed by atoms with E-state index in [0.29, 0.717) is 13.0 Å². The number of hydrogen-bond donors (Lipinski definition) is 2. The van der Waals surface area contributed by atoms with Crippen LogP contribution in [0.3, 0.4) is 0 Å². The number of nitrogens with one attached hydrogen (secondary N) is 1. The Balaban J connectivity index is 2.26. The van der Waals surface area contributed by atoms with Crippen molar-refractivity contribution in [3.63, 3.8) is 0 Å². The van der Waals surface area contributed by atoms with Gasteiger partial charge in [-0.2, -0.15) is 0 Å². The van der Waals surface area contributed by atoms with Gasteiger partial charge in [0, 0.05) is 3.57 Å². The molecule has 0 bridgehead atoms. The lowest BCUT2D eigenvalue weighted by atomic mass is 10.0. The normalized spacial score (nSPS) is 12.0. The van der Waals surface area contributed by atoms with Gasteiger partial charge < -0.3 is 15.2 Å². The fourth-order valence-electron chi connectivity index (χ4n) is 2.66. The molecule has 0 aliphatic rings. The lowest BCUT2D eigenvalue weighted by Crippen LogP contribution is -2.38. The Morgan fingerprint density at radius 2 is 1.92 bits per heavy atom. The van der Waals surface area contributed by atoms with E-state index in [2.05, 4.69) is 56.6 Å². The molecule has 2 aromatic rings. The first-order valence-corrected chi connectivity index (χ1v) is 10.2. The minimum absolute atomic E-state index is 0.447. The summed E-state index contributed by atoms with van der Waals surface area (Å²) in [5, 5.41) is 12.3. The third kappa shape index (κ3) is 5.82. The second-order valence-corrected chi connectivity index (χ2v) is 8.35. The number of aryl methyl sites for hydroxylation is 2. The molecule has 0 spiro atoms. The van der Waals surface area contributed by atoms with Crippen LogP contribution in [0.25, 0.3) is 0 Å². The summed E-state index contributed by atoms with van der Waals surface area (Å²) in [7, 11) is 0. The summed E-state index contributed by atoms with van der Waals surface area (Å²) in [4.78, 5) is 11.3. The number of carbonyl (C=O) groups is 1. The first-order valence-electron chi connectivity index (χ1n) is 8.00. The first-order chi connectivity index (χ1) is 11.8. The van der Waals surface area contributed by atoms with Gasteiger partial charge in [-0.15, -0.1) is 0 Å². The van der Waals surface area contributed by atoms with E-state index >= 15 is 0 Å². The van der Waals surface area contributed by atoms with E-state index < -0.39 is 12.0 Å². The van der Waals surface area contributed by atoms with Crippen LogP contribution in [0, 0.1) is 21.0 Å². The van der Waals surface area contributed by atoms with Gasteiger partial charge in [0.05, 0.1) is 3.57 Å². The Morgan fingerprint density at radius 1 is 1.20 bits per heavy atom. The highest BCUT2D eigenvalue weighted by Gasteiger charge is 2.18. The minimum atomic E-state index is -0.829. The zero-order valence-corrected chi connectivity index (χ0v) is 18.7. The molecule has 1 atom stereocenters. The Bertz CT molecular complexity index is 734. The Hall–Kier alpha value is -0.870. The van der Waals surface area contributed by atoms with Crippen LogP contribution >= 0.6 is 45.2 Å². The maximum Gasteiger partial charge on any atom is 0.321 e. The third-order valence-electron chi connectivity index (χ3n) is 3.71. The van der Waals surface area contributed by atoms with E-state index in [1.807, 2.05) is 45.0 Å². The summed E-state index contributed by atoms with van der Waals surface area (Å²) in [6, 6.07) is 9.54. The molecule has 25 heavy (non-hydrogen) atoms. The van der Waals surface area contributed by atoms with Crippen molar-refractivity contribution in [1.82, 2.24) is 5.32 Å². The first kappa shape index (κ1) is 20.4. The molecule has 2 rings (SSSR count). The number of carboxylic acids is 1. The van der Waals surface area contributed by atoms with Crippen molar-refractivity contribution in [3.8, 4) is 11.5 Å². The maximum atomic E-state index is 11.3. The van der Waals surface area contributed by atoms with Gasteiger partial charge in [0.1, 0.15) is 17.5 Å². The largest absolute Gasteiger partial charge is 0.480 e. The molecular weight excluding hydrogens is 544 g/mol. The molecule has 0 saturated carbocycles. The third-order valence-corrected chi connectivity index (χ3v) is 5.14. The van der Waals surface area contributed by atoms with Gasteiger partial charge in [0.25, 0.3) is 0 Å². The monoisotopic (exact) mass is 565 g/mol. The summed E-state index contributed by atoms with van der Waals surface area (Å²) in [5.74, 6) is 0.805. The fraction of sp³-hybridized carbons (Fsp3) is 0.316. The molecular formula is C19H21I2NO3. The second-order valence-electron chi connectivity index (χ2n) is 5.94. The van der Waals surface area contributed by atoms with Crippen molar-refractivity contribution in [1.29, 1.82) is 0 Å².